The first kappa shape index (κ1) is 18.8. The van der Waals surface area contributed by atoms with Crippen molar-refractivity contribution in [1.29, 1.82) is 0 Å². The zero-order valence-electron chi connectivity index (χ0n) is 16.5. The molecule has 0 aromatic heterocycles. The summed E-state index contributed by atoms with van der Waals surface area (Å²) in [6, 6.07) is 0.820. The van der Waals surface area contributed by atoms with Crippen LogP contribution in [0.4, 0.5) is 9.59 Å². The van der Waals surface area contributed by atoms with E-state index in [1.165, 1.54) is 19.3 Å². The molecular formula is C20H33N3O4. The van der Waals surface area contributed by atoms with E-state index in [9.17, 15) is 9.59 Å². The van der Waals surface area contributed by atoms with Gasteiger partial charge in [0.25, 0.3) is 0 Å². The van der Waals surface area contributed by atoms with E-state index in [1.54, 1.807) is 0 Å². The van der Waals surface area contributed by atoms with E-state index in [-0.39, 0.29) is 18.3 Å². The van der Waals surface area contributed by atoms with Crippen LogP contribution in [0.2, 0.25) is 0 Å². The van der Waals surface area contributed by atoms with Crippen LogP contribution in [0.5, 0.6) is 0 Å². The number of likely N-dealkylation sites (tertiary alicyclic amines) is 2. The highest BCUT2D eigenvalue weighted by Crippen LogP contribution is 2.39. The van der Waals surface area contributed by atoms with E-state index < -0.39 is 0 Å². The number of hydrogen-bond donors (Lipinski definition) is 0. The summed E-state index contributed by atoms with van der Waals surface area (Å²) < 4.78 is 10.9. The Labute approximate surface area is 161 Å². The van der Waals surface area contributed by atoms with Gasteiger partial charge in [0, 0.05) is 44.8 Å². The number of amides is 2. The fourth-order valence-electron chi connectivity index (χ4n) is 5.25. The maximum absolute atomic E-state index is 12.4. The maximum atomic E-state index is 12.4. The molecule has 27 heavy (non-hydrogen) atoms. The second-order valence-corrected chi connectivity index (χ2v) is 8.51. The van der Waals surface area contributed by atoms with Crippen LogP contribution in [-0.2, 0) is 9.47 Å². The average molecular weight is 380 g/mol. The number of nitrogens with zero attached hydrogens (tertiary/aromatic N) is 3. The molecule has 2 bridgehead atoms. The van der Waals surface area contributed by atoms with Gasteiger partial charge in [-0.15, -0.1) is 0 Å². The van der Waals surface area contributed by atoms with Gasteiger partial charge >= 0.3 is 12.2 Å². The first-order valence-electron chi connectivity index (χ1n) is 10.8. The maximum Gasteiger partial charge on any atom is 0.410 e. The molecule has 4 aliphatic heterocycles. The van der Waals surface area contributed by atoms with E-state index in [0.29, 0.717) is 24.6 Å². The molecule has 5 aliphatic rings. The van der Waals surface area contributed by atoms with Crippen molar-refractivity contribution in [1.82, 2.24) is 14.7 Å². The molecular weight excluding hydrogens is 346 g/mol. The van der Waals surface area contributed by atoms with Crippen LogP contribution in [0.15, 0.2) is 0 Å². The van der Waals surface area contributed by atoms with Crippen molar-refractivity contribution in [2.24, 2.45) is 5.92 Å². The molecule has 0 aromatic rings. The molecule has 0 spiro atoms. The van der Waals surface area contributed by atoms with Crippen molar-refractivity contribution in [2.45, 2.75) is 70.1 Å². The van der Waals surface area contributed by atoms with Gasteiger partial charge in [-0.05, 0) is 44.9 Å². The quantitative estimate of drug-likeness (QED) is 0.754. The van der Waals surface area contributed by atoms with Crippen LogP contribution in [0, 0.1) is 5.92 Å². The molecule has 4 heterocycles. The van der Waals surface area contributed by atoms with Crippen molar-refractivity contribution in [2.75, 3.05) is 39.3 Å². The van der Waals surface area contributed by atoms with Gasteiger partial charge in [0.15, 0.2) is 0 Å². The minimum absolute atomic E-state index is 0.0300. The van der Waals surface area contributed by atoms with Gasteiger partial charge in [-0.3, -0.25) is 4.90 Å². The molecule has 1 aliphatic carbocycles. The molecule has 7 heteroatoms. The SMILES string of the molecule is CCOC(=O)N1CC2CCC1CC2N1CC(OC(=O)N2CCCCCC2)C1. The van der Waals surface area contributed by atoms with Crippen LogP contribution in [0.25, 0.3) is 0 Å². The zero-order valence-corrected chi connectivity index (χ0v) is 16.5. The summed E-state index contributed by atoms with van der Waals surface area (Å²) in [6.45, 7) is 6.46. The smallest absolute Gasteiger partial charge is 0.410 e. The van der Waals surface area contributed by atoms with Crippen LogP contribution in [0.1, 0.15) is 51.9 Å². The summed E-state index contributed by atoms with van der Waals surface area (Å²) in [5.74, 6) is 0.515. The number of carbonyl (C=O) groups excluding carboxylic acids is 2. The summed E-state index contributed by atoms with van der Waals surface area (Å²) in [7, 11) is 0. The Balaban J connectivity index is 1.23. The minimum atomic E-state index is -0.154. The summed E-state index contributed by atoms with van der Waals surface area (Å²) in [5.41, 5.74) is 0. The van der Waals surface area contributed by atoms with Crippen molar-refractivity contribution < 1.29 is 19.1 Å². The number of piperidine rings is 2. The Morgan fingerprint density at radius 1 is 0.963 bits per heavy atom. The molecule has 152 valence electrons. The largest absolute Gasteiger partial charge is 0.450 e. The lowest BCUT2D eigenvalue weighted by molar-refractivity contribution is -0.0928. The second kappa shape index (κ2) is 8.25. The number of rotatable bonds is 3. The molecule has 0 N–H and O–H groups in total. The van der Waals surface area contributed by atoms with Crippen LogP contribution in [0.3, 0.4) is 0 Å². The molecule has 0 aromatic carbocycles. The van der Waals surface area contributed by atoms with Crippen molar-refractivity contribution >= 4 is 12.2 Å². The number of hydrogen-bond acceptors (Lipinski definition) is 5. The topological polar surface area (TPSA) is 62.3 Å². The fourth-order valence-corrected chi connectivity index (χ4v) is 5.25. The molecule has 1 saturated carbocycles. The van der Waals surface area contributed by atoms with Crippen molar-refractivity contribution in [3.63, 3.8) is 0 Å². The fraction of sp³-hybridized carbons (Fsp3) is 0.900. The second-order valence-electron chi connectivity index (χ2n) is 8.51. The molecule has 0 radical (unpaired) electrons. The normalized spacial score (nSPS) is 32.0. The molecule has 5 fully saturated rings. The monoisotopic (exact) mass is 379 g/mol. The van der Waals surface area contributed by atoms with Gasteiger partial charge in [0.2, 0.25) is 0 Å². The summed E-state index contributed by atoms with van der Waals surface area (Å²) in [6.07, 6.45) is 7.66. The lowest BCUT2D eigenvalue weighted by atomic mass is 9.74. The Morgan fingerprint density at radius 3 is 2.33 bits per heavy atom. The highest BCUT2D eigenvalue weighted by Gasteiger charge is 2.48. The van der Waals surface area contributed by atoms with Gasteiger partial charge in [0.1, 0.15) is 6.10 Å². The van der Waals surface area contributed by atoms with Gasteiger partial charge in [0.05, 0.1) is 6.61 Å². The van der Waals surface area contributed by atoms with Crippen LogP contribution in [-0.4, -0.2) is 84.4 Å². The Hall–Kier alpha value is -1.50. The van der Waals surface area contributed by atoms with E-state index in [1.807, 2.05) is 16.7 Å². The molecule has 3 unspecified atom stereocenters. The highest BCUT2D eigenvalue weighted by molar-refractivity contribution is 5.68. The van der Waals surface area contributed by atoms with E-state index in [0.717, 1.165) is 58.4 Å². The molecule has 7 nitrogen and oxygen atoms in total. The number of fused-ring (bicyclic) bond motifs is 3. The predicted molar refractivity (Wildman–Crippen MR) is 101 cm³/mol. The Kier molecular flexibility index (Phi) is 5.76. The van der Waals surface area contributed by atoms with E-state index in [4.69, 9.17) is 9.47 Å². The third kappa shape index (κ3) is 4.03. The average Bonchev–Trinajstić information content (AvgIpc) is 2.94. The van der Waals surface area contributed by atoms with Crippen molar-refractivity contribution in [3.05, 3.63) is 0 Å². The standard InChI is InChI=1S/C20H33N3O4/c1-2-26-20(25)23-12-15-7-8-16(23)11-18(15)22-13-17(14-22)27-19(24)21-9-5-3-4-6-10-21/h15-18H,2-14H2,1H3. The zero-order chi connectivity index (χ0) is 18.8. The highest BCUT2D eigenvalue weighted by atomic mass is 16.6. The molecule has 5 rings (SSSR count). The molecule has 4 saturated heterocycles. The first-order valence-corrected chi connectivity index (χ1v) is 10.8. The van der Waals surface area contributed by atoms with E-state index in [2.05, 4.69) is 4.90 Å². The van der Waals surface area contributed by atoms with Crippen LogP contribution >= 0.6 is 0 Å². The van der Waals surface area contributed by atoms with Crippen LogP contribution < -0.4 is 0 Å². The molecule has 2 amide bonds. The molecule has 3 atom stereocenters. The summed E-state index contributed by atoms with van der Waals surface area (Å²) >= 11 is 0. The summed E-state index contributed by atoms with van der Waals surface area (Å²) in [4.78, 5) is 30.8. The van der Waals surface area contributed by atoms with Gasteiger partial charge in [-0.25, -0.2) is 9.59 Å². The first-order chi connectivity index (χ1) is 13.2. The van der Waals surface area contributed by atoms with Gasteiger partial charge in [-0.1, -0.05) is 12.8 Å². The Bertz CT molecular complexity index is 543. The summed E-state index contributed by atoms with van der Waals surface area (Å²) in [5, 5.41) is 0. The van der Waals surface area contributed by atoms with Gasteiger partial charge in [-0.2, -0.15) is 0 Å². The Morgan fingerprint density at radius 2 is 1.70 bits per heavy atom. The number of carbonyl (C=O) groups is 2. The van der Waals surface area contributed by atoms with Crippen molar-refractivity contribution in [3.8, 4) is 0 Å². The lowest BCUT2D eigenvalue weighted by Gasteiger charge is -2.55. The van der Waals surface area contributed by atoms with E-state index >= 15 is 0 Å². The number of ether oxygens (including phenoxy) is 2. The minimum Gasteiger partial charge on any atom is -0.450 e. The third-order valence-electron chi connectivity index (χ3n) is 6.78. The lowest BCUT2D eigenvalue weighted by Crippen LogP contribution is -2.66. The predicted octanol–water partition coefficient (Wildman–Crippen LogP) is 2.69. The third-order valence-corrected chi connectivity index (χ3v) is 6.78. The van der Waals surface area contributed by atoms with Gasteiger partial charge < -0.3 is 19.3 Å².